The summed E-state index contributed by atoms with van der Waals surface area (Å²) in [4.78, 5) is 36.3. The summed E-state index contributed by atoms with van der Waals surface area (Å²) < 4.78 is 0. The smallest absolute Gasteiger partial charge is 0.305 e. The largest absolute Gasteiger partial charge is 0.481 e. The van der Waals surface area contributed by atoms with Crippen molar-refractivity contribution in [2.75, 3.05) is 23.3 Å². The first kappa shape index (κ1) is 17.9. The number of amides is 2. The zero-order valence-corrected chi connectivity index (χ0v) is 13.8. The van der Waals surface area contributed by atoms with Crippen molar-refractivity contribution in [2.45, 2.75) is 19.3 Å². The third-order valence-electron chi connectivity index (χ3n) is 3.81. The van der Waals surface area contributed by atoms with Crippen LogP contribution in [0, 0.1) is 5.92 Å². The number of carboxylic acid groups (broad SMARTS) is 1. The van der Waals surface area contributed by atoms with E-state index in [1.54, 1.807) is 4.90 Å². The van der Waals surface area contributed by atoms with Crippen LogP contribution in [0.1, 0.15) is 19.3 Å². The molecule has 8 heteroatoms. The van der Waals surface area contributed by atoms with Crippen molar-refractivity contribution in [3.8, 4) is 0 Å². The third kappa shape index (κ3) is 4.76. The topological polar surface area (TPSA) is 98.7 Å². The molecule has 1 unspecified atom stereocenters. The molecule has 1 saturated heterocycles. The van der Waals surface area contributed by atoms with Gasteiger partial charge >= 0.3 is 5.97 Å². The Morgan fingerprint density at radius 3 is 2.67 bits per heavy atom. The number of rotatable bonds is 8. The molecule has 128 valence electrons. The van der Waals surface area contributed by atoms with E-state index in [-0.39, 0.29) is 37.1 Å². The number of anilines is 2. The van der Waals surface area contributed by atoms with Gasteiger partial charge in [0.2, 0.25) is 11.8 Å². The Kier molecular flexibility index (Phi) is 6.25. The molecule has 1 aromatic rings. The van der Waals surface area contributed by atoms with E-state index < -0.39 is 5.97 Å². The standard InChI is InChI=1S/C16H19N3O4S/c20-14(17-7-5-15(21)22)9-11-6-8-19(16(11)23)13-3-1-12(2-4-13)18-10-24/h1-4,10-11H,5-9H2,(H,17,20)(H,18,24)(H,21,22). The zero-order chi connectivity index (χ0) is 17.5. The van der Waals surface area contributed by atoms with Gasteiger partial charge in [-0.1, -0.05) is 12.2 Å². The number of nitrogens with one attached hydrogen (secondary N) is 2. The predicted octanol–water partition coefficient (Wildman–Crippen LogP) is 1.39. The number of thiocarbonyl (C=S) groups is 1. The molecule has 0 bridgehead atoms. The zero-order valence-electron chi connectivity index (χ0n) is 13.0. The molecular formula is C16H19N3O4S. The molecule has 0 aromatic heterocycles. The maximum absolute atomic E-state index is 12.4. The van der Waals surface area contributed by atoms with E-state index in [0.717, 1.165) is 11.4 Å². The van der Waals surface area contributed by atoms with Crippen molar-refractivity contribution in [2.24, 2.45) is 5.92 Å². The van der Waals surface area contributed by atoms with E-state index in [2.05, 4.69) is 10.6 Å². The summed E-state index contributed by atoms with van der Waals surface area (Å²) in [7, 11) is 0. The SMILES string of the molecule is O=C(O)CCNC(=O)CC1CCN(c2ccc(NC=S)cc2)C1=O. The van der Waals surface area contributed by atoms with Crippen LogP contribution in [0.15, 0.2) is 24.3 Å². The Balaban J connectivity index is 1.88. The fourth-order valence-corrected chi connectivity index (χ4v) is 2.73. The Morgan fingerprint density at radius 1 is 1.33 bits per heavy atom. The molecule has 0 saturated carbocycles. The maximum Gasteiger partial charge on any atom is 0.305 e. The second-order valence-corrected chi connectivity index (χ2v) is 5.72. The quantitative estimate of drug-likeness (QED) is 0.614. The molecule has 2 rings (SSSR count). The summed E-state index contributed by atoms with van der Waals surface area (Å²) in [5, 5.41) is 14.0. The van der Waals surface area contributed by atoms with Crippen LogP contribution in [-0.2, 0) is 14.4 Å². The summed E-state index contributed by atoms with van der Waals surface area (Å²) in [5.41, 5.74) is 3.04. The summed E-state index contributed by atoms with van der Waals surface area (Å²) in [5.74, 6) is -1.71. The fourth-order valence-electron chi connectivity index (χ4n) is 2.60. The number of nitrogens with zero attached hydrogens (tertiary/aromatic N) is 1. The molecule has 7 nitrogen and oxygen atoms in total. The van der Waals surface area contributed by atoms with Crippen LogP contribution in [0.5, 0.6) is 0 Å². The molecule has 1 fully saturated rings. The van der Waals surface area contributed by atoms with Gasteiger partial charge in [-0.15, -0.1) is 0 Å². The summed E-state index contributed by atoms with van der Waals surface area (Å²) in [6.45, 7) is 0.638. The van der Waals surface area contributed by atoms with Crippen molar-refractivity contribution in [3.05, 3.63) is 24.3 Å². The van der Waals surface area contributed by atoms with Crippen LogP contribution in [0.25, 0.3) is 0 Å². The maximum atomic E-state index is 12.4. The Bertz CT molecular complexity index is 633. The van der Waals surface area contributed by atoms with Crippen molar-refractivity contribution >= 4 is 46.9 Å². The minimum Gasteiger partial charge on any atom is -0.481 e. The molecule has 1 atom stereocenters. The molecule has 0 spiro atoms. The van der Waals surface area contributed by atoms with E-state index in [4.69, 9.17) is 17.3 Å². The molecule has 2 amide bonds. The van der Waals surface area contributed by atoms with Gasteiger partial charge < -0.3 is 20.6 Å². The minimum atomic E-state index is -0.968. The van der Waals surface area contributed by atoms with E-state index in [1.165, 1.54) is 5.49 Å². The van der Waals surface area contributed by atoms with Gasteiger partial charge in [0.25, 0.3) is 0 Å². The molecule has 0 aliphatic carbocycles. The first-order valence-electron chi connectivity index (χ1n) is 7.61. The average Bonchev–Trinajstić information content (AvgIpc) is 2.89. The van der Waals surface area contributed by atoms with Crippen LogP contribution < -0.4 is 15.5 Å². The molecule has 1 heterocycles. The van der Waals surface area contributed by atoms with Gasteiger partial charge in [0, 0.05) is 36.8 Å². The first-order valence-corrected chi connectivity index (χ1v) is 8.08. The monoisotopic (exact) mass is 349 g/mol. The summed E-state index contributed by atoms with van der Waals surface area (Å²) in [6.07, 6.45) is 0.559. The normalized spacial score (nSPS) is 16.8. The predicted molar refractivity (Wildman–Crippen MR) is 94.1 cm³/mol. The second kappa shape index (κ2) is 8.39. The van der Waals surface area contributed by atoms with E-state index in [0.29, 0.717) is 13.0 Å². The highest BCUT2D eigenvalue weighted by Gasteiger charge is 2.33. The molecule has 24 heavy (non-hydrogen) atoms. The van der Waals surface area contributed by atoms with Gasteiger partial charge in [0.05, 0.1) is 11.9 Å². The Hall–Kier alpha value is -2.48. The highest BCUT2D eigenvalue weighted by Crippen LogP contribution is 2.28. The molecule has 1 aromatic carbocycles. The van der Waals surface area contributed by atoms with E-state index >= 15 is 0 Å². The summed E-state index contributed by atoms with van der Waals surface area (Å²) in [6, 6.07) is 7.32. The Morgan fingerprint density at radius 2 is 2.04 bits per heavy atom. The van der Waals surface area contributed by atoms with Crippen molar-refractivity contribution in [3.63, 3.8) is 0 Å². The number of carboxylic acids is 1. The van der Waals surface area contributed by atoms with Crippen molar-refractivity contribution < 1.29 is 19.5 Å². The lowest BCUT2D eigenvalue weighted by Crippen LogP contribution is -2.31. The lowest BCUT2D eigenvalue weighted by atomic mass is 10.0. The molecule has 1 aliphatic heterocycles. The van der Waals surface area contributed by atoms with Crippen molar-refractivity contribution in [1.29, 1.82) is 0 Å². The first-order chi connectivity index (χ1) is 11.5. The lowest BCUT2D eigenvalue weighted by molar-refractivity contribution is -0.137. The number of aliphatic carboxylic acids is 1. The number of carbonyl (C=O) groups excluding carboxylic acids is 2. The van der Waals surface area contributed by atoms with Gasteiger partial charge in [-0.3, -0.25) is 14.4 Å². The molecular weight excluding hydrogens is 330 g/mol. The highest BCUT2D eigenvalue weighted by atomic mass is 32.1. The van der Waals surface area contributed by atoms with Gasteiger partial charge in [-0.2, -0.15) is 0 Å². The number of carbonyl (C=O) groups is 3. The summed E-state index contributed by atoms with van der Waals surface area (Å²) >= 11 is 4.72. The average molecular weight is 349 g/mol. The van der Waals surface area contributed by atoms with Crippen molar-refractivity contribution in [1.82, 2.24) is 5.32 Å². The highest BCUT2D eigenvalue weighted by molar-refractivity contribution is 7.79. The van der Waals surface area contributed by atoms with Crippen LogP contribution in [0.2, 0.25) is 0 Å². The third-order valence-corrected chi connectivity index (χ3v) is 3.93. The molecule has 3 N–H and O–H groups in total. The minimum absolute atomic E-state index is 0.0765. The second-order valence-electron chi connectivity index (χ2n) is 5.48. The van der Waals surface area contributed by atoms with Gasteiger partial charge in [0.1, 0.15) is 0 Å². The fraction of sp³-hybridized carbons (Fsp3) is 0.375. The lowest BCUT2D eigenvalue weighted by Gasteiger charge is -2.17. The Labute approximate surface area is 145 Å². The van der Waals surface area contributed by atoms with Gasteiger partial charge in [0.15, 0.2) is 0 Å². The van der Waals surface area contributed by atoms with E-state index in [1.807, 2.05) is 24.3 Å². The van der Waals surface area contributed by atoms with Gasteiger partial charge in [-0.25, -0.2) is 0 Å². The molecule has 1 aliphatic rings. The van der Waals surface area contributed by atoms with E-state index in [9.17, 15) is 14.4 Å². The van der Waals surface area contributed by atoms with Crippen LogP contribution >= 0.6 is 12.2 Å². The number of hydrogen-bond donors (Lipinski definition) is 3. The van der Waals surface area contributed by atoms with Crippen LogP contribution in [0.3, 0.4) is 0 Å². The van der Waals surface area contributed by atoms with Gasteiger partial charge in [-0.05, 0) is 30.7 Å². The number of hydrogen-bond acceptors (Lipinski definition) is 4. The van der Waals surface area contributed by atoms with Crippen LogP contribution in [0.4, 0.5) is 11.4 Å². The van der Waals surface area contributed by atoms with Crippen LogP contribution in [-0.4, -0.2) is 41.5 Å². The number of benzene rings is 1. The molecule has 0 radical (unpaired) electrons.